The van der Waals surface area contributed by atoms with E-state index in [2.05, 4.69) is 57.9 Å². The Morgan fingerprint density at radius 1 is 1.05 bits per heavy atom. The van der Waals surface area contributed by atoms with Gasteiger partial charge in [0.15, 0.2) is 0 Å². The predicted octanol–water partition coefficient (Wildman–Crippen LogP) is 3.70. The highest BCUT2D eigenvalue weighted by molar-refractivity contribution is 5.82. The highest BCUT2D eigenvalue weighted by atomic mass is 14.9. The summed E-state index contributed by atoms with van der Waals surface area (Å²) in [6.45, 7) is 3.02. The molecule has 0 unspecified atom stereocenters. The molecule has 0 spiro atoms. The van der Waals surface area contributed by atoms with Crippen LogP contribution in [0.2, 0.25) is 0 Å². The van der Waals surface area contributed by atoms with Crippen molar-refractivity contribution in [2.45, 2.75) is 6.92 Å². The van der Waals surface area contributed by atoms with Gasteiger partial charge in [-0.2, -0.15) is 0 Å². The van der Waals surface area contributed by atoms with Gasteiger partial charge in [-0.1, -0.05) is 0 Å². The van der Waals surface area contributed by atoms with Crippen molar-refractivity contribution in [3.05, 3.63) is 42.5 Å². The zero-order valence-corrected chi connectivity index (χ0v) is 11.7. The summed E-state index contributed by atoms with van der Waals surface area (Å²) in [7, 11) is 1.91. The second-order valence-corrected chi connectivity index (χ2v) is 4.68. The Kier molecular flexibility index (Phi) is 3.29. The number of hydrogen-bond donors (Lipinski definition) is 3. The largest absolute Gasteiger partial charge is 0.388 e. The number of hydrogen-bond acceptors (Lipinski definition) is 3. The van der Waals surface area contributed by atoms with Crippen LogP contribution in [0.15, 0.2) is 42.5 Å². The maximum Gasteiger partial charge on any atom is 0.138 e. The summed E-state index contributed by atoms with van der Waals surface area (Å²) >= 11 is 0. The van der Waals surface area contributed by atoms with Gasteiger partial charge in [-0.3, -0.25) is 0 Å². The van der Waals surface area contributed by atoms with Gasteiger partial charge >= 0.3 is 0 Å². The second kappa shape index (κ2) is 5.25. The van der Waals surface area contributed by atoms with Crippen LogP contribution in [0.5, 0.6) is 0 Å². The number of imidazole rings is 1. The zero-order chi connectivity index (χ0) is 13.9. The van der Waals surface area contributed by atoms with E-state index in [1.807, 2.05) is 19.2 Å². The van der Waals surface area contributed by atoms with Crippen LogP contribution in [0.3, 0.4) is 0 Å². The first-order chi connectivity index (χ1) is 9.80. The summed E-state index contributed by atoms with van der Waals surface area (Å²) < 4.78 is 0. The van der Waals surface area contributed by atoms with Gasteiger partial charge < -0.3 is 15.6 Å². The van der Waals surface area contributed by atoms with E-state index in [0.29, 0.717) is 0 Å². The molecule has 0 saturated carbocycles. The van der Waals surface area contributed by atoms with Gasteiger partial charge in [0, 0.05) is 30.5 Å². The van der Waals surface area contributed by atoms with E-state index >= 15 is 0 Å². The van der Waals surface area contributed by atoms with Crippen molar-refractivity contribution in [1.29, 1.82) is 0 Å². The van der Waals surface area contributed by atoms with Crippen LogP contribution in [0, 0.1) is 0 Å². The van der Waals surface area contributed by atoms with E-state index in [1.165, 1.54) is 0 Å². The molecule has 0 saturated heterocycles. The topological polar surface area (TPSA) is 52.7 Å². The van der Waals surface area contributed by atoms with E-state index in [1.54, 1.807) is 0 Å². The van der Waals surface area contributed by atoms with Crippen LogP contribution >= 0.6 is 0 Å². The second-order valence-electron chi connectivity index (χ2n) is 4.68. The molecule has 0 aliphatic heterocycles. The highest BCUT2D eigenvalue weighted by Gasteiger charge is 2.05. The molecule has 1 heterocycles. The Morgan fingerprint density at radius 3 is 2.50 bits per heavy atom. The Balaban J connectivity index is 1.96. The molecule has 0 bridgehead atoms. The standard InChI is InChI=1S/C16H18N4/c1-3-18-12-6-4-11(5-7-12)16-19-14-9-8-13(17-2)10-15(14)20-16/h4-10,17-18H,3H2,1-2H3,(H,19,20). The molecule has 2 aromatic carbocycles. The molecular formula is C16H18N4. The normalized spacial score (nSPS) is 10.7. The van der Waals surface area contributed by atoms with Crippen molar-refractivity contribution in [2.24, 2.45) is 0 Å². The van der Waals surface area contributed by atoms with E-state index in [-0.39, 0.29) is 0 Å². The van der Waals surface area contributed by atoms with Crippen molar-refractivity contribution >= 4 is 22.4 Å². The predicted molar refractivity (Wildman–Crippen MR) is 85.2 cm³/mol. The maximum absolute atomic E-state index is 4.63. The zero-order valence-electron chi connectivity index (χ0n) is 11.7. The van der Waals surface area contributed by atoms with E-state index in [0.717, 1.165) is 40.3 Å². The molecule has 3 rings (SSSR count). The Hall–Kier alpha value is -2.49. The summed E-state index contributed by atoms with van der Waals surface area (Å²) in [5.41, 5.74) is 5.33. The van der Waals surface area contributed by atoms with Crippen molar-refractivity contribution in [1.82, 2.24) is 9.97 Å². The lowest BCUT2D eigenvalue weighted by Gasteiger charge is -2.03. The van der Waals surface area contributed by atoms with Crippen LogP contribution in [-0.2, 0) is 0 Å². The summed E-state index contributed by atoms with van der Waals surface area (Å²) in [6, 6.07) is 14.4. The molecule has 4 heteroatoms. The average Bonchev–Trinajstić information content (AvgIpc) is 2.91. The van der Waals surface area contributed by atoms with Crippen molar-refractivity contribution in [2.75, 3.05) is 24.2 Å². The molecule has 20 heavy (non-hydrogen) atoms. The third kappa shape index (κ3) is 2.32. The van der Waals surface area contributed by atoms with Gasteiger partial charge in [0.05, 0.1) is 11.0 Å². The summed E-state index contributed by atoms with van der Waals surface area (Å²) in [5, 5.41) is 6.42. The van der Waals surface area contributed by atoms with Crippen LogP contribution in [0.1, 0.15) is 6.92 Å². The SMILES string of the molecule is CCNc1ccc(-c2nc3ccc(NC)cc3[nH]2)cc1. The van der Waals surface area contributed by atoms with Gasteiger partial charge in [0.25, 0.3) is 0 Å². The molecule has 3 N–H and O–H groups in total. The minimum atomic E-state index is 0.899. The lowest BCUT2D eigenvalue weighted by molar-refractivity contribution is 1.21. The smallest absolute Gasteiger partial charge is 0.138 e. The third-order valence-electron chi connectivity index (χ3n) is 3.31. The number of rotatable bonds is 4. The molecule has 1 aromatic heterocycles. The number of aromatic amines is 1. The fourth-order valence-electron chi connectivity index (χ4n) is 2.25. The molecule has 0 fully saturated rings. The van der Waals surface area contributed by atoms with Gasteiger partial charge in [0.2, 0.25) is 0 Å². The molecular weight excluding hydrogens is 248 g/mol. The molecule has 102 valence electrons. The quantitative estimate of drug-likeness (QED) is 0.675. The first kappa shape index (κ1) is 12.5. The molecule has 3 aromatic rings. The number of fused-ring (bicyclic) bond motifs is 1. The number of nitrogens with one attached hydrogen (secondary N) is 3. The van der Waals surface area contributed by atoms with Crippen molar-refractivity contribution in [3.8, 4) is 11.4 Å². The van der Waals surface area contributed by atoms with Crippen LogP contribution < -0.4 is 10.6 Å². The van der Waals surface area contributed by atoms with Crippen molar-refractivity contribution in [3.63, 3.8) is 0 Å². The monoisotopic (exact) mass is 266 g/mol. The number of aromatic nitrogens is 2. The Bertz CT molecular complexity index is 713. The van der Waals surface area contributed by atoms with Crippen molar-refractivity contribution < 1.29 is 0 Å². The fourth-order valence-corrected chi connectivity index (χ4v) is 2.25. The summed E-state index contributed by atoms with van der Waals surface area (Å²) in [6.07, 6.45) is 0. The lowest BCUT2D eigenvalue weighted by Crippen LogP contribution is -1.95. The molecule has 0 aliphatic rings. The number of H-pyrrole nitrogens is 1. The summed E-state index contributed by atoms with van der Waals surface area (Å²) in [4.78, 5) is 8.00. The first-order valence-corrected chi connectivity index (χ1v) is 6.82. The highest BCUT2D eigenvalue weighted by Crippen LogP contribution is 2.23. The van der Waals surface area contributed by atoms with Gasteiger partial charge in [-0.05, 0) is 49.4 Å². The number of anilines is 2. The first-order valence-electron chi connectivity index (χ1n) is 6.82. The van der Waals surface area contributed by atoms with Gasteiger partial charge in [-0.15, -0.1) is 0 Å². The average molecular weight is 266 g/mol. The Morgan fingerprint density at radius 2 is 1.80 bits per heavy atom. The van der Waals surface area contributed by atoms with Crippen LogP contribution in [0.4, 0.5) is 11.4 Å². The third-order valence-corrected chi connectivity index (χ3v) is 3.31. The van der Waals surface area contributed by atoms with E-state index in [4.69, 9.17) is 0 Å². The molecule has 0 atom stereocenters. The molecule has 0 amide bonds. The maximum atomic E-state index is 4.63. The van der Waals surface area contributed by atoms with E-state index < -0.39 is 0 Å². The van der Waals surface area contributed by atoms with Gasteiger partial charge in [0.1, 0.15) is 5.82 Å². The molecule has 0 radical (unpaired) electrons. The number of nitrogens with zero attached hydrogens (tertiary/aromatic N) is 1. The lowest BCUT2D eigenvalue weighted by atomic mass is 10.2. The minimum Gasteiger partial charge on any atom is -0.388 e. The van der Waals surface area contributed by atoms with Crippen LogP contribution in [0.25, 0.3) is 22.4 Å². The van der Waals surface area contributed by atoms with E-state index in [9.17, 15) is 0 Å². The molecule has 4 nitrogen and oxygen atoms in total. The minimum absolute atomic E-state index is 0.899. The fraction of sp³-hybridized carbons (Fsp3) is 0.188. The Labute approximate surface area is 118 Å². The molecule has 0 aliphatic carbocycles. The summed E-state index contributed by atoms with van der Waals surface area (Å²) in [5.74, 6) is 0.899. The van der Waals surface area contributed by atoms with Crippen LogP contribution in [-0.4, -0.2) is 23.6 Å². The number of benzene rings is 2. The van der Waals surface area contributed by atoms with Gasteiger partial charge in [-0.25, -0.2) is 4.98 Å².